The standard InChI is InChI=1S/C11H9BrF2N2O/c1-6-15-10-7(3-2-4-8(10)12)11(17)16(6)5-9(13)14/h2-4,9H,5H2,1H3. The molecule has 0 saturated carbocycles. The van der Waals surface area contributed by atoms with Crippen molar-refractivity contribution in [2.24, 2.45) is 0 Å². The number of benzene rings is 1. The fraction of sp³-hybridized carbons (Fsp3) is 0.273. The highest BCUT2D eigenvalue weighted by Crippen LogP contribution is 2.19. The first-order valence-corrected chi connectivity index (χ1v) is 5.74. The van der Waals surface area contributed by atoms with E-state index in [4.69, 9.17) is 0 Å². The van der Waals surface area contributed by atoms with Crippen molar-refractivity contribution in [2.45, 2.75) is 19.9 Å². The van der Waals surface area contributed by atoms with Crippen LogP contribution in [0.1, 0.15) is 5.82 Å². The Balaban J connectivity index is 2.77. The maximum atomic E-state index is 12.4. The fourth-order valence-electron chi connectivity index (χ4n) is 1.67. The molecule has 1 aromatic heterocycles. The summed E-state index contributed by atoms with van der Waals surface area (Å²) in [4.78, 5) is 16.2. The number of nitrogens with zero attached hydrogens (tertiary/aromatic N) is 2. The first kappa shape index (κ1) is 12.2. The third-order valence-corrected chi connectivity index (χ3v) is 3.09. The molecular weight excluding hydrogens is 294 g/mol. The molecule has 0 spiro atoms. The number of rotatable bonds is 2. The van der Waals surface area contributed by atoms with E-state index in [-0.39, 0.29) is 5.82 Å². The maximum absolute atomic E-state index is 12.4. The van der Waals surface area contributed by atoms with Crippen molar-refractivity contribution in [2.75, 3.05) is 0 Å². The van der Waals surface area contributed by atoms with Crippen molar-refractivity contribution < 1.29 is 8.78 Å². The second kappa shape index (κ2) is 4.52. The number of aromatic nitrogens is 2. The number of alkyl halides is 2. The molecule has 0 radical (unpaired) electrons. The zero-order valence-corrected chi connectivity index (χ0v) is 10.5. The van der Waals surface area contributed by atoms with Gasteiger partial charge in [0.05, 0.1) is 17.4 Å². The minimum absolute atomic E-state index is 0.287. The lowest BCUT2D eigenvalue weighted by Gasteiger charge is -2.10. The third kappa shape index (κ3) is 2.22. The Bertz CT molecular complexity index is 625. The molecule has 0 aliphatic rings. The van der Waals surface area contributed by atoms with E-state index >= 15 is 0 Å². The molecule has 1 heterocycles. The molecule has 2 rings (SSSR count). The van der Waals surface area contributed by atoms with Gasteiger partial charge in [-0.05, 0) is 35.0 Å². The molecule has 6 heteroatoms. The molecule has 17 heavy (non-hydrogen) atoms. The molecule has 90 valence electrons. The van der Waals surface area contributed by atoms with Gasteiger partial charge in [0.1, 0.15) is 5.82 Å². The highest BCUT2D eigenvalue weighted by Gasteiger charge is 2.13. The SMILES string of the molecule is Cc1nc2c(Br)cccc2c(=O)n1CC(F)F. The Morgan fingerprint density at radius 2 is 2.18 bits per heavy atom. The summed E-state index contributed by atoms with van der Waals surface area (Å²) in [5, 5.41) is 0.339. The highest BCUT2D eigenvalue weighted by molar-refractivity contribution is 9.10. The average Bonchev–Trinajstić information content (AvgIpc) is 2.26. The minimum Gasteiger partial charge on any atom is -0.291 e. The summed E-state index contributed by atoms with van der Waals surface area (Å²) in [6, 6.07) is 5.01. The van der Waals surface area contributed by atoms with Gasteiger partial charge < -0.3 is 0 Å². The molecular formula is C11H9BrF2N2O. The monoisotopic (exact) mass is 302 g/mol. The Labute approximate surface area is 104 Å². The van der Waals surface area contributed by atoms with Crippen LogP contribution in [-0.2, 0) is 6.54 Å². The first-order chi connectivity index (χ1) is 8.00. The Kier molecular flexibility index (Phi) is 3.24. The molecule has 0 atom stereocenters. The van der Waals surface area contributed by atoms with Crippen LogP contribution in [0.15, 0.2) is 27.5 Å². The van der Waals surface area contributed by atoms with Gasteiger partial charge in [-0.2, -0.15) is 0 Å². The summed E-state index contributed by atoms with van der Waals surface area (Å²) in [5.74, 6) is 0.287. The third-order valence-electron chi connectivity index (χ3n) is 2.45. The molecule has 2 aromatic rings. The van der Waals surface area contributed by atoms with Crippen molar-refractivity contribution >= 4 is 26.8 Å². The highest BCUT2D eigenvalue weighted by atomic mass is 79.9. The zero-order valence-electron chi connectivity index (χ0n) is 8.95. The van der Waals surface area contributed by atoms with E-state index < -0.39 is 18.5 Å². The molecule has 0 bridgehead atoms. The van der Waals surface area contributed by atoms with Crippen LogP contribution in [0, 0.1) is 6.92 Å². The molecule has 0 unspecified atom stereocenters. The maximum Gasteiger partial charge on any atom is 0.261 e. The van der Waals surface area contributed by atoms with Crippen LogP contribution in [-0.4, -0.2) is 16.0 Å². The van der Waals surface area contributed by atoms with E-state index in [2.05, 4.69) is 20.9 Å². The van der Waals surface area contributed by atoms with Gasteiger partial charge in [-0.25, -0.2) is 13.8 Å². The van der Waals surface area contributed by atoms with Gasteiger partial charge in [0.2, 0.25) is 0 Å². The van der Waals surface area contributed by atoms with E-state index in [0.29, 0.717) is 15.4 Å². The number of hydrogen-bond donors (Lipinski definition) is 0. The zero-order chi connectivity index (χ0) is 12.6. The summed E-state index contributed by atoms with van der Waals surface area (Å²) < 4.78 is 26.4. The van der Waals surface area contributed by atoms with Crippen LogP contribution >= 0.6 is 15.9 Å². The minimum atomic E-state index is -2.57. The van der Waals surface area contributed by atoms with Crippen LogP contribution in [0.25, 0.3) is 10.9 Å². The van der Waals surface area contributed by atoms with Crippen LogP contribution in [0.3, 0.4) is 0 Å². The molecule has 0 amide bonds. The van der Waals surface area contributed by atoms with E-state index in [0.717, 1.165) is 4.57 Å². The van der Waals surface area contributed by atoms with Gasteiger partial charge in [-0.1, -0.05) is 6.07 Å². The van der Waals surface area contributed by atoms with Crippen LogP contribution in [0.2, 0.25) is 0 Å². The number of fused-ring (bicyclic) bond motifs is 1. The van der Waals surface area contributed by atoms with E-state index in [1.165, 1.54) is 0 Å². The number of halogens is 3. The molecule has 0 aliphatic carbocycles. The van der Waals surface area contributed by atoms with Crippen molar-refractivity contribution in [1.82, 2.24) is 9.55 Å². The second-order valence-electron chi connectivity index (χ2n) is 3.60. The van der Waals surface area contributed by atoms with Gasteiger partial charge >= 0.3 is 0 Å². The van der Waals surface area contributed by atoms with Crippen molar-refractivity contribution in [1.29, 1.82) is 0 Å². The molecule has 1 aromatic carbocycles. The average molecular weight is 303 g/mol. The number of para-hydroxylation sites is 1. The lowest BCUT2D eigenvalue weighted by atomic mass is 10.2. The van der Waals surface area contributed by atoms with Crippen molar-refractivity contribution in [3.8, 4) is 0 Å². The fourth-order valence-corrected chi connectivity index (χ4v) is 2.12. The second-order valence-corrected chi connectivity index (χ2v) is 4.46. The van der Waals surface area contributed by atoms with Gasteiger partial charge in [0, 0.05) is 4.47 Å². The lowest BCUT2D eigenvalue weighted by Crippen LogP contribution is -2.26. The Hall–Kier alpha value is -1.30. The van der Waals surface area contributed by atoms with Crippen molar-refractivity contribution in [3.05, 3.63) is 38.9 Å². The quantitative estimate of drug-likeness (QED) is 0.855. The number of hydrogen-bond acceptors (Lipinski definition) is 2. The number of aryl methyl sites for hydroxylation is 1. The van der Waals surface area contributed by atoms with E-state index in [9.17, 15) is 13.6 Å². The summed E-state index contributed by atoms with van der Waals surface area (Å²) in [6.45, 7) is 0.919. The predicted octanol–water partition coefficient (Wildman–Crippen LogP) is 2.73. The largest absolute Gasteiger partial charge is 0.291 e. The van der Waals surface area contributed by atoms with E-state index in [1.807, 2.05) is 0 Å². The van der Waals surface area contributed by atoms with Crippen molar-refractivity contribution in [3.63, 3.8) is 0 Å². The summed E-state index contributed by atoms with van der Waals surface area (Å²) in [5.41, 5.74) is 0.0645. The predicted molar refractivity (Wildman–Crippen MR) is 64.4 cm³/mol. The van der Waals surface area contributed by atoms with Gasteiger partial charge in [-0.3, -0.25) is 9.36 Å². The van der Waals surface area contributed by atoms with Crippen LogP contribution in [0.5, 0.6) is 0 Å². The van der Waals surface area contributed by atoms with Gasteiger partial charge in [0.25, 0.3) is 12.0 Å². The first-order valence-electron chi connectivity index (χ1n) is 4.94. The lowest BCUT2D eigenvalue weighted by molar-refractivity contribution is 0.124. The van der Waals surface area contributed by atoms with Gasteiger partial charge in [-0.15, -0.1) is 0 Å². The normalized spacial score (nSPS) is 11.4. The molecule has 0 aliphatic heterocycles. The Morgan fingerprint density at radius 1 is 1.47 bits per heavy atom. The summed E-state index contributed by atoms with van der Waals surface area (Å²) in [6.07, 6.45) is -2.57. The van der Waals surface area contributed by atoms with Crippen LogP contribution < -0.4 is 5.56 Å². The van der Waals surface area contributed by atoms with E-state index in [1.54, 1.807) is 25.1 Å². The topological polar surface area (TPSA) is 34.9 Å². The Morgan fingerprint density at radius 3 is 2.82 bits per heavy atom. The molecule has 0 N–H and O–H groups in total. The summed E-state index contributed by atoms with van der Waals surface area (Å²) in [7, 11) is 0. The van der Waals surface area contributed by atoms with Crippen LogP contribution in [0.4, 0.5) is 8.78 Å². The summed E-state index contributed by atoms with van der Waals surface area (Å²) >= 11 is 3.28. The molecule has 0 saturated heterocycles. The smallest absolute Gasteiger partial charge is 0.261 e. The molecule has 0 fully saturated rings. The van der Waals surface area contributed by atoms with Gasteiger partial charge in [0.15, 0.2) is 0 Å². The molecule has 3 nitrogen and oxygen atoms in total.